The van der Waals surface area contributed by atoms with E-state index in [2.05, 4.69) is 27.6 Å². The summed E-state index contributed by atoms with van der Waals surface area (Å²) >= 11 is 26.7. The van der Waals surface area contributed by atoms with Crippen LogP contribution in [-0.2, 0) is 12.2 Å². The van der Waals surface area contributed by atoms with Gasteiger partial charge in [0.2, 0.25) is 0 Å². The average molecular weight is 628 g/mol. The predicted octanol–water partition coefficient (Wildman–Crippen LogP) is 8.89. The van der Waals surface area contributed by atoms with Gasteiger partial charge in [0.1, 0.15) is 0 Å². The van der Waals surface area contributed by atoms with E-state index in [1.165, 1.54) is 11.8 Å². The third kappa shape index (κ3) is 6.82. The van der Waals surface area contributed by atoms with Gasteiger partial charge in [-0.05, 0) is 53.9 Å². The number of nitrogens with zero attached hydrogens (tertiary/aromatic N) is 3. The zero-order valence-electron chi connectivity index (χ0n) is 20.9. The van der Waals surface area contributed by atoms with Gasteiger partial charge in [-0.2, -0.15) is 0 Å². The zero-order valence-corrected chi connectivity index (χ0v) is 24.7. The second kappa shape index (κ2) is 13.1. The largest absolute Gasteiger partial charge is 0.342 e. The van der Waals surface area contributed by atoms with Gasteiger partial charge in [0.25, 0.3) is 5.91 Å². The molecule has 0 spiro atoms. The fraction of sp³-hybridized carbons (Fsp3) is 0.100. The molecule has 1 amide bonds. The second-order valence-electron chi connectivity index (χ2n) is 8.89. The number of amides is 1. The molecule has 1 N–H and O–H groups in total. The summed E-state index contributed by atoms with van der Waals surface area (Å²) in [5, 5.41) is 14.5. The summed E-state index contributed by atoms with van der Waals surface area (Å²) in [4.78, 5) is 13.4. The van der Waals surface area contributed by atoms with Crippen molar-refractivity contribution in [1.29, 1.82) is 0 Å². The number of benzene rings is 4. The van der Waals surface area contributed by atoms with E-state index >= 15 is 0 Å². The fourth-order valence-electron chi connectivity index (χ4n) is 4.15. The summed E-state index contributed by atoms with van der Waals surface area (Å²) in [6.45, 7) is 0. The molecule has 202 valence electrons. The Balaban J connectivity index is 1.57. The summed E-state index contributed by atoms with van der Waals surface area (Å²) in [6, 6.07) is 29.4. The van der Waals surface area contributed by atoms with E-state index in [1.807, 2.05) is 59.2 Å². The van der Waals surface area contributed by atoms with Gasteiger partial charge < -0.3 is 5.32 Å². The van der Waals surface area contributed by atoms with E-state index in [4.69, 9.17) is 46.4 Å². The monoisotopic (exact) mass is 626 g/mol. The van der Waals surface area contributed by atoms with Crippen LogP contribution in [0, 0.1) is 0 Å². The van der Waals surface area contributed by atoms with Crippen LogP contribution in [0.2, 0.25) is 20.1 Å². The highest BCUT2D eigenvalue weighted by atomic mass is 35.5. The SMILES string of the molecule is O=C(NC(Cc1ccccc1)c1nnc(SCc2ccccc2)n1-c1ccc(Cl)cc1Cl)c1ccc(Cl)c(Cl)c1. The third-order valence-corrected chi connectivity index (χ3v) is 8.38. The van der Waals surface area contributed by atoms with Gasteiger partial charge in [-0.3, -0.25) is 9.36 Å². The van der Waals surface area contributed by atoms with Crippen molar-refractivity contribution < 1.29 is 4.79 Å². The first-order chi connectivity index (χ1) is 19.4. The van der Waals surface area contributed by atoms with Gasteiger partial charge in [0.15, 0.2) is 11.0 Å². The molecule has 4 aromatic carbocycles. The lowest BCUT2D eigenvalue weighted by molar-refractivity contribution is 0.0934. The van der Waals surface area contributed by atoms with Crippen LogP contribution in [0.1, 0.15) is 33.4 Å². The zero-order chi connectivity index (χ0) is 28.1. The van der Waals surface area contributed by atoms with Crippen molar-refractivity contribution in [3.63, 3.8) is 0 Å². The predicted molar refractivity (Wildman–Crippen MR) is 164 cm³/mol. The minimum absolute atomic E-state index is 0.296. The molecule has 5 nitrogen and oxygen atoms in total. The summed E-state index contributed by atoms with van der Waals surface area (Å²) < 4.78 is 1.88. The Kier molecular flexibility index (Phi) is 9.35. The Hall–Kier alpha value is -3.00. The van der Waals surface area contributed by atoms with Gasteiger partial charge in [-0.1, -0.05) is 119 Å². The van der Waals surface area contributed by atoms with Gasteiger partial charge in [0.05, 0.1) is 26.8 Å². The summed E-state index contributed by atoms with van der Waals surface area (Å²) in [7, 11) is 0. The molecule has 1 aromatic heterocycles. The van der Waals surface area contributed by atoms with Crippen LogP contribution in [0.15, 0.2) is 102 Å². The Morgan fingerprint density at radius 2 is 1.48 bits per heavy atom. The van der Waals surface area contributed by atoms with E-state index in [1.54, 1.807) is 30.3 Å². The maximum Gasteiger partial charge on any atom is 0.251 e. The highest BCUT2D eigenvalue weighted by Gasteiger charge is 2.26. The highest BCUT2D eigenvalue weighted by molar-refractivity contribution is 7.98. The number of carbonyl (C=O) groups is 1. The van der Waals surface area contributed by atoms with Crippen molar-refractivity contribution >= 4 is 64.1 Å². The first kappa shape index (κ1) is 28.5. The molecule has 0 aliphatic rings. The maximum absolute atomic E-state index is 13.4. The van der Waals surface area contributed by atoms with E-state index in [0.717, 1.165) is 11.1 Å². The Bertz CT molecular complexity index is 1630. The van der Waals surface area contributed by atoms with Crippen molar-refractivity contribution in [3.05, 3.63) is 140 Å². The van der Waals surface area contributed by atoms with Crippen molar-refractivity contribution in [2.45, 2.75) is 23.4 Å². The third-order valence-electron chi connectivity index (χ3n) is 6.10. The van der Waals surface area contributed by atoms with E-state index in [-0.39, 0.29) is 5.91 Å². The highest BCUT2D eigenvalue weighted by Crippen LogP contribution is 2.33. The number of carbonyl (C=O) groups excluding carboxylic acids is 1. The molecule has 5 rings (SSSR count). The topological polar surface area (TPSA) is 59.8 Å². The van der Waals surface area contributed by atoms with Gasteiger partial charge >= 0.3 is 0 Å². The molecular weight excluding hydrogens is 606 g/mol. The molecule has 0 saturated carbocycles. The molecule has 1 unspecified atom stereocenters. The number of hydrogen-bond acceptors (Lipinski definition) is 4. The van der Waals surface area contributed by atoms with Crippen LogP contribution in [-0.4, -0.2) is 20.7 Å². The van der Waals surface area contributed by atoms with Crippen molar-refractivity contribution in [2.75, 3.05) is 0 Å². The molecule has 0 bridgehead atoms. The van der Waals surface area contributed by atoms with Crippen LogP contribution in [0.3, 0.4) is 0 Å². The molecule has 0 aliphatic carbocycles. The molecule has 1 atom stereocenters. The van der Waals surface area contributed by atoms with E-state index in [0.29, 0.717) is 54.5 Å². The maximum atomic E-state index is 13.4. The molecule has 5 aromatic rings. The van der Waals surface area contributed by atoms with E-state index < -0.39 is 6.04 Å². The molecule has 0 fully saturated rings. The summed E-state index contributed by atoms with van der Waals surface area (Å²) in [5.41, 5.74) is 3.18. The van der Waals surface area contributed by atoms with Crippen LogP contribution in [0.4, 0.5) is 0 Å². The molecule has 0 saturated heterocycles. The molecule has 0 radical (unpaired) electrons. The number of hydrogen-bond donors (Lipinski definition) is 1. The van der Waals surface area contributed by atoms with Crippen LogP contribution >= 0.6 is 58.2 Å². The number of rotatable bonds is 9. The van der Waals surface area contributed by atoms with Gasteiger partial charge in [-0.15, -0.1) is 10.2 Å². The minimum Gasteiger partial charge on any atom is -0.342 e. The summed E-state index contributed by atoms with van der Waals surface area (Å²) in [5.74, 6) is 0.871. The van der Waals surface area contributed by atoms with Crippen molar-refractivity contribution in [1.82, 2.24) is 20.1 Å². The lowest BCUT2D eigenvalue weighted by atomic mass is 10.0. The molecule has 40 heavy (non-hydrogen) atoms. The van der Waals surface area contributed by atoms with Gasteiger partial charge in [-0.25, -0.2) is 0 Å². The standard InChI is InChI=1S/C30H22Cl4N4OS/c31-22-12-14-27(25(34)17-22)38-28(36-37-30(38)40-18-20-9-5-2-6-10-20)26(15-19-7-3-1-4-8-19)35-29(39)21-11-13-23(32)24(33)16-21/h1-14,16-17,26H,15,18H2,(H,35,39). The Morgan fingerprint density at radius 3 is 2.15 bits per heavy atom. The van der Waals surface area contributed by atoms with Crippen LogP contribution < -0.4 is 5.32 Å². The second-order valence-corrected chi connectivity index (χ2v) is 11.5. The lowest BCUT2D eigenvalue weighted by Gasteiger charge is -2.21. The first-order valence-electron chi connectivity index (χ1n) is 12.3. The molecule has 0 aliphatic heterocycles. The Morgan fingerprint density at radius 1 is 0.775 bits per heavy atom. The molecule has 1 heterocycles. The lowest BCUT2D eigenvalue weighted by Crippen LogP contribution is -2.32. The van der Waals surface area contributed by atoms with Crippen LogP contribution in [0.25, 0.3) is 5.69 Å². The normalized spacial score (nSPS) is 11.8. The minimum atomic E-state index is -0.560. The summed E-state index contributed by atoms with van der Waals surface area (Å²) in [6.07, 6.45) is 0.459. The quantitative estimate of drug-likeness (QED) is 0.166. The average Bonchev–Trinajstić information content (AvgIpc) is 3.37. The first-order valence-corrected chi connectivity index (χ1v) is 14.8. The smallest absolute Gasteiger partial charge is 0.251 e. The number of halogens is 4. The van der Waals surface area contributed by atoms with Crippen LogP contribution in [0.5, 0.6) is 0 Å². The Labute approximate surface area is 256 Å². The molecular formula is C30H22Cl4N4OS. The molecule has 10 heteroatoms. The number of thioether (sulfide) groups is 1. The number of nitrogens with one attached hydrogen (secondary N) is 1. The van der Waals surface area contributed by atoms with Gasteiger partial charge in [0, 0.05) is 16.3 Å². The van der Waals surface area contributed by atoms with E-state index in [9.17, 15) is 4.79 Å². The van der Waals surface area contributed by atoms with Crippen molar-refractivity contribution in [3.8, 4) is 5.69 Å². The fourth-order valence-corrected chi connectivity index (χ4v) is 5.85. The van der Waals surface area contributed by atoms with Crippen molar-refractivity contribution in [2.24, 2.45) is 0 Å². The number of aromatic nitrogens is 3.